The Morgan fingerprint density at radius 1 is 0.478 bits per heavy atom. The molecule has 0 spiro atoms. The summed E-state index contributed by atoms with van der Waals surface area (Å²) in [7, 11) is 0. The Balaban J connectivity index is 9.20. The van der Waals surface area contributed by atoms with Gasteiger partial charge in [-0.15, -0.1) is 0 Å². The standard InChI is InChI=1S/C32H62O14/c1-11-24-45-29(37-13-3,31(39-15-5,40-16-6)41-17-7)28(27(35)36,23-21-22-26(33)34)30(38-14-4,46-25-12-2)32(42-18-8,43-19-9)44-20-10/h11-25H2,1-10H3,(H,33,34)(H,35,36). The molecule has 0 amide bonds. The van der Waals surface area contributed by atoms with Crippen LogP contribution in [0, 0.1) is 5.41 Å². The first-order valence-electron chi connectivity index (χ1n) is 16.8. The van der Waals surface area contributed by atoms with Crippen molar-refractivity contribution in [2.24, 2.45) is 5.41 Å². The fourth-order valence-electron chi connectivity index (χ4n) is 5.75. The number of aliphatic carboxylic acids is 2. The molecular formula is C32H62O14. The zero-order chi connectivity index (χ0) is 35.3. The zero-order valence-corrected chi connectivity index (χ0v) is 29.9. The van der Waals surface area contributed by atoms with Gasteiger partial charge < -0.3 is 57.6 Å². The lowest BCUT2D eigenvalue weighted by molar-refractivity contribution is -0.573. The quantitative estimate of drug-likeness (QED) is 0.0929. The lowest BCUT2D eigenvalue weighted by atomic mass is 9.65. The van der Waals surface area contributed by atoms with Gasteiger partial charge in [-0.2, -0.15) is 0 Å². The van der Waals surface area contributed by atoms with Crippen molar-refractivity contribution in [3.05, 3.63) is 0 Å². The summed E-state index contributed by atoms with van der Waals surface area (Å²) in [5, 5.41) is 21.6. The van der Waals surface area contributed by atoms with Gasteiger partial charge in [-0.1, -0.05) is 13.8 Å². The van der Waals surface area contributed by atoms with Crippen molar-refractivity contribution in [3.8, 4) is 0 Å². The number of carboxylic acid groups (broad SMARTS) is 2. The summed E-state index contributed by atoms with van der Waals surface area (Å²) in [5.41, 5.74) is -2.65. The highest BCUT2D eigenvalue weighted by molar-refractivity contribution is 5.78. The maximum absolute atomic E-state index is 14.6. The molecule has 14 heteroatoms. The van der Waals surface area contributed by atoms with E-state index in [2.05, 4.69) is 0 Å². The summed E-state index contributed by atoms with van der Waals surface area (Å²) < 4.78 is 64.0. The fraction of sp³-hybridized carbons (Fsp3) is 0.938. The summed E-state index contributed by atoms with van der Waals surface area (Å²) in [5.74, 6) is -12.6. The molecular weight excluding hydrogens is 608 g/mol. The second-order valence-corrected chi connectivity index (χ2v) is 9.96. The zero-order valence-electron chi connectivity index (χ0n) is 29.9. The van der Waals surface area contributed by atoms with E-state index < -0.39 is 53.7 Å². The van der Waals surface area contributed by atoms with E-state index in [9.17, 15) is 19.8 Å². The van der Waals surface area contributed by atoms with Crippen LogP contribution in [-0.4, -0.2) is 112 Å². The predicted molar refractivity (Wildman–Crippen MR) is 168 cm³/mol. The molecule has 2 atom stereocenters. The van der Waals surface area contributed by atoms with E-state index in [0.717, 1.165) is 0 Å². The molecule has 0 heterocycles. The van der Waals surface area contributed by atoms with E-state index in [1.165, 1.54) is 0 Å². The highest BCUT2D eigenvalue weighted by Gasteiger charge is 2.86. The third-order valence-electron chi connectivity index (χ3n) is 6.96. The Labute approximate surface area is 275 Å². The second kappa shape index (κ2) is 22.2. The van der Waals surface area contributed by atoms with Crippen LogP contribution in [0.5, 0.6) is 0 Å². The number of carbonyl (C=O) groups is 2. The summed E-state index contributed by atoms with van der Waals surface area (Å²) in [6.45, 7) is 16.5. The molecule has 0 fully saturated rings. The molecule has 0 aliphatic rings. The van der Waals surface area contributed by atoms with Crippen LogP contribution in [0.1, 0.15) is 101 Å². The van der Waals surface area contributed by atoms with Crippen LogP contribution in [0.4, 0.5) is 0 Å². The van der Waals surface area contributed by atoms with Gasteiger partial charge in [-0.05, 0) is 81.1 Å². The van der Waals surface area contributed by atoms with E-state index in [4.69, 9.17) is 47.4 Å². The van der Waals surface area contributed by atoms with Crippen LogP contribution in [0.2, 0.25) is 0 Å². The number of ether oxygens (including phenoxy) is 10. The van der Waals surface area contributed by atoms with Crippen molar-refractivity contribution in [2.75, 3.05) is 66.1 Å². The number of hydrogen-bond donors (Lipinski definition) is 2. The molecule has 46 heavy (non-hydrogen) atoms. The molecule has 0 aromatic heterocycles. The van der Waals surface area contributed by atoms with Crippen molar-refractivity contribution in [1.29, 1.82) is 0 Å². The Hall–Kier alpha value is -1.46. The molecule has 0 aliphatic heterocycles. The maximum atomic E-state index is 14.6. The van der Waals surface area contributed by atoms with Crippen molar-refractivity contribution in [2.45, 2.75) is 125 Å². The van der Waals surface area contributed by atoms with E-state index in [0.29, 0.717) is 12.8 Å². The molecule has 274 valence electrons. The van der Waals surface area contributed by atoms with E-state index >= 15 is 0 Å². The van der Waals surface area contributed by atoms with Gasteiger partial charge in [-0.25, -0.2) is 0 Å². The Morgan fingerprint density at radius 3 is 1.00 bits per heavy atom. The van der Waals surface area contributed by atoms with Crippen LogP contribution < -0.4 is 0 Å². The maximum Gasteiger partial charge on any atom is 0.342 e. The number of hydrogen-bond acceptors (Lipinski definition) is 12. The van der Waals surface area contributed by atoms with Gasteiger partial charge in [0.25, 0.3) is 11.6 Å². The van der Waals surface area contributed by atoms with Crippen LogP contribution in [0.25, 0.3) is 0 Å². The van der Waals surface area contributed by atoms with E-state index in [1.54, 1.807) is 55.4 Å². The van der Waals surface area contributed by atoms with Crippen LogP contribution >= 0.6 is 0 Å². The lowest BCUT2D eigenvalue weighted by Gasteiger charge is -2.62. The topological polar surface area (TPSA) is 167 Å². The van der Waals surface area contributed by atoms with Crippen LogP contribution in [0.15, 0.2) is 0 Å². The Bertz CT molecular complexity index is 758. The second-order valence-electron chi connectivity index (χ2n) is 9.96. The normalized spacial score (nSPS) is 16.5. The van der Waals surface area contributed by atoms with Gasteiger partial charge in [0.05, 0.1) is 13.2 Å². The van der Waals surface area contributed by atoms with Gasteiger partial charge in [0.2, 0.25) is 0 Å². The van der Waals surface area contributed by atoms with Crippen LogP contribution in [0.3, 0.4) is 0 Å². The van der Waals surface area contributed by atoms with Gasteiger partial charge in [-0.3, -0.25) is 9.59 Å². The summed E-state index contributed by atoms with van der Waals surface area (Å²) in [4.78, 5) is 26.5. The largest absolute Gasteiger partial charge is 0.481 e. The minimum absolute atomic E-state index is 0.0277. The van der Waals surface area contributed by atoms with Crippen molar-refractivity contribution >= 4 is 11.9 Å². The highest BCUT2D eigenvalue weighted by atomic mass is 16.9. The van der Waals surface area contributed by atoms with Crippen molar-refractivity contribution in [1.82, 2.24) is 0 Å². The first kappa shape index (κ1) is 44.5. The predicted octanol–water partition coefficient (Wildman–Crippen LogP) is 5.16. The molecule has 0 rings (SSSR count). The minimum Gasteiger partial charge on any atom is -0.481 e. The van der Waals surface area contributed by atoms with Gasteiger partial charge >= 0.3 is 23.9 Å². The van der Waals surface area contributed by atoms with Gasteiger partial charge in [0.1, 0.15) is 0 Å². The average Bonchev–Trinajstić information content (AvgIpc) is 3.00. The summed E-state index contributed by atoms with van der Waals surface area (Å²) >= 11 is 0. The number of carboxylic acids is 2. The molecule has 14 nitrogen and oxygen atoms in total. The van der Waals surface area contributed by atoms with Crippen LogP contribution in [-0.2, 0) is 57.0 Å². The van der Waals surface area contributed by atoms with Gasteiger partial charge in [0.15, 0.2) is 5.41 Å². The molecule has 2 N–H and O–H groups in total. The fourth-order valence-corrected chi connectivity index (χ4v) is 5.75. The average molecular weight is 671 g/mol. The third-order valence-corrected chi connectivity index (χ3v) is 6.96. The van der Waals surface area contributed by atoms with E-state index in [-0.39, 0.29) is 72.5 Å². The minimum atomic E-state index is -2.65. The molecule has 0 aromatic carbocycles. The highest BCUT2D eigenvalue weighted by Crippen LogP contribution is 2.61. The first-order valence-corrected chi connectivity index (χ1v) is 16.8. The first-order chi connectivity index (χ1) is 22.0. The molecule has 0 saturated carbocycles. The smallest absolute Gasteiger partial charge is 0.342 e. The molecule has 2 unspecified atom stereocenters. The van der Waals surface area contributed by atoms with Crippen molar-refractivity contribution < 1.29 is 67.2 Å². The molecule has 0 radical (unpaired) electrons. The summed E-state index contributed by atoms with van der Waals surface area (Å²) in [6.07, 6.45) is -0.309. The molecule has 0 bridgehead atoms. The third kappa shape index (κ3) is 9.16. The molecule has 0 saturated heterocycles. The van der Waals surface area contributed by atoms with E-state index in [1.807, 2.05) is 13.8 Å². The van der Waals surface area contributed by atoms with Crippen molar-refractivity contribution in [3.63, 3.8) is 0 Å². The Morgan fingerprint density at radius 2 is 0.783 bits per heavy atom. The lowest BCUT2D eigenvalue weighted by Crippen LogP contribution is -2.83. The summed E-state index contributed by atoms with van der Waals surface area (Å²) in [6, 6.07) is 0. The monoisotopic (exact) mass is 670 g/mol. The molecule has 0 aromatic rings. The molecule has 0 aliphatic carbocycles. The SMILES string of the molecule is CCCOC(OCC)(C(OCC)(OCC)OCC)C(CCCC(=O)O)(C(=O)O)C(OCC)(OCCC)C(OCC)(OCC)OCC. The number of rotatable bonds is 31. The van der Waals surface area contributed by atoms with Gasteiger partial charge in [0, 0.05) is 59.3 Å². The Kier molecular flexibility index (Phi) is 21.5.